The summed E-state index contributed by atoms with van der Waals surface area (Å²) in [6.45, 7) is 0.0463. The molecule has 5 N–H and O–H groups in total. The number of unbranched alkanes of at least 4 members (excludes halogenated alkanes) is 5. The Bertz CT molecular complexity index is 1790. The first-order valence-corrected chi connectivity index (χ1v) is 28.5. The molecule has 0 bridgehead atoms. The third-order valence-electron chi connectivity index (χ3n) is 9.61. The number of carbonyl (C=O) groups is 2. The molecule has 0 aromatic rings. The standard InChI is InChI=1S/C55H88O15P2/c1-3-5-7-9-11-13-15-17-19-21-23-24-26-28-30-32-34-36-38-40-42-44-55(60)66-46-52(57)48-68-72(63,64)70-50-53(58)49-69-71(61,62)67-47-51(56)45-65-54(59)43-41-39-37-35-33-31-29-27-25-22-20-18-16-14-12-10-8-6-4-2/h5-8,11-14,17-20,23-25,27-28,30-31,33,37,39,51-53,56-58H,3-4,9-10,15-16,21-22,26,29,32,34-36,38,40-50H2,1-2H3,(H,61,62)(H,63,64)/b7-5-,8-6-,13-11-,14-12-,19-17-,20-18-,24-23-,27-25-,30-28-,33-31-,39-37-. The quantitative estimate of drug-likeness (QED) is 0.0165. The predicted molar refractivity (Wildman–Crippen MR) is 288 cm³/mol. The van der Waals surface area contributed by atoms with E-state index in [0.717, 1.165) is 96.3 Å². The van der Waals surface area contributed by atoms with Gasteiger partial charge in [-0.3, -0.25) is 27.7 Å². The van der Waals surface area contributed by atoms with Crippen molar-refractivity contribution in [3.8, 4) is 0 Å². The summed E-state index contributed by atoms with van der Waals surface area (Å²) in [5, 5.41) is 30.1. The van der Waals surface area contributed by atoms with Crippen molar-refractivity contribution in [3.05, 3.63) is 134 Å². The van der Waals surface area contributed by atoms with Crippen molar-refractivity contribution in [3.63, 3.8) is 0 Å². The summed E-state index contributed by atoms with van der Waals surface area (Å²) < 4.78 is 53.0. The van der Waals surface area contributed by atoms with E-state index in [2.05, 4.69) is 147 Å². The molecule has 408 valence electrons. The molecule has 0 heterocycles. The van der Waals surface area contributed by atoms with Crippen molar-refractivity contribution >= 4 is 27.6 Å². The molecule has 72 heavy (non-hydrogen) atoms. The minimum atomic E-state index is -4.82. The van der Waals surface area contributed by atoms with E-state index in [1.807, 2.05) is 18.2 Å². The maximum Gasteiger partial charge on any atom is 0.472 e. The summed E-state index contributed by atoms with van der Waals surface area (Å²) in [5.74, 6) is -1.11. The second-order valence-electron chi connectivity index (χ2n) is 16.4. The molecule has 0 aliphatic carbocycles. The highest BCUT2D eigenvalue weighted by Gasteiger charge is 2.28. The molecule has 5 atom stereocenters. The van der Waals surface area contributed by atoms with Gasteiger partial charge in [0.1, 0.15) is 31.5 Å². The molecule has 0 saturated heterocycles. The first-order valence-electron chi connectivity index (χ1n) is 25.5. The van der Waals surface area contributed by atoms with Crippen molar-refractivity contribution in [2.45, 2.75) is 161 Å². The summed E-state index contributed by atoms with van der Waals surface area (Å²) in [7, 11) is -9.62. The highest BCUT2D eigenvalue weighted by molar-refractivity contribution is 7.47. The van der Waals surface area contributed by atoms with Crippen molar-refractivity contribution in [2.75, 3.05) is 39.6 Å². The smallest absolute Gasteiger partial charge is 0.463 e. The molecule has 0 saturated carbocycles. The molecule has 0 aliphatic heterocycles. The minimum absolute atomic E-state index is 0.0639. The lowest BCUT2D eigenvalue weighted by Crippen LogP contribution is -2.25. The fourth-order valence-electron chi connectivity index (χ4n) is 5.73. The molecule has 0 radical (unpaired) electrons. The molecule has 0 aromatic carbocycles. The monoisotopic (exact) mass is 1050 g/mol. The molecular weight excluding hydrogens is 963 g/mol. The van der Waals surface area contributed by atoms with Gasteiger partial charge in [-0.15, -0.1) is 0 Å². The van der Waals surface area contributed by atoms with Crippen LogP contribution in [0.1, 0.15) is 142 Å². The summed E-state index contributed by atoms with van der Waals surface area (Å²) in [4.78, 5) is 43.8. The lowest BCUT2D eigenvalue weighted by atomic mass is 10.1. The normalized spacial score (nSPS) is 15.9. The van der Waals surface area contributed by atoms with Gasteiger partial charge in [0.15, 0.2) is 0 Å². The van der Waals surface area contributed by atoms with Crippen LogP contribution in [0.25, 0.3) is 0 Å². The van der Waals surface area contributed by atoms with Gasteiger partial charge in [-0.25, -0.2) is 9.13 Å². The molecule has 5 unspecified atom stereocenters. The molecular formula is C55H88O15P2. The Morgan fingerprint density at radius 1 is 0.361 bits per heavy atom. The van der Waals surface area contributed by atoms with Gasteiger partial charge >= 0.3 is 27.6 Å². The van der Waals surface area contributed by atoms with E-state index < -0.39 is 85.5 Å². The summed E-state index contributed by atoms with van der Waals surface area (Å²) in [6, 6.07) is 0. The van der Waals surface area contributed by atoms with Crippen molar-refractivity contribution in [1.29, 1.82) is 0 Å². The first kappa shape index (κ1) is 68.2. The summed E-state index contributed by atoms with van der Waals surface area (Å²) in [5.41, 5.74) is 0. The second-order valence-corrected chi connectivity index (χ2v) is 19.3. The Morgan fingerprint density at radius 2 is 0.625 bits per heavy atom. The zero-order valence-electron chi connectivity index (χ0n) is 43.0. The van der Waals surface area contributed by atoms with Gasteiger partial charge < -0.3 is 34.6 Å². The third kappa shape index (κ3) is 51.1. The van der Waals surface area contributed by atoms with Gasteiger partial charge in [-0.1, -0.05) is 167 Å². The van der Waals surface area contributed by atoms with Crippen LogP contribution in [0.5, 0.6) is 0 Å². The van der Waals surface area contributed by atoms with Crippen molar-refractivity contribution in [1.82, 2.24) is 0 Å². The number of aliphatic hydroxyl groups is 3. The Balaban J connectivity index is 3.98. The molecule has 0 fully saturated rings. The van der Waals surface area contributed by atoms with E-state index in [0.29, 0.717) is 19.3 Å². The van der Waals surface area contributed by atoms with E-state index in [-0.39, 0.29) is 12.8 Å². The Kier molecular flexibility index (Phi) is 46.8. The van der Waals surface area contributed by atoms with E-state index in [9.17, 15) is 43.8 Å². The van der Waals surface area contributed by atoms with Crippen LogP contribution in [0.3, 0.4) is 0 Å². The number of rotatable bonds is 47. The maximum absolute atomic E-state index is 12.2. The average molecular weight is 1050 g/mol. The van der Waals surface area contributed by atoms with E-state index in [4.69, 9.17) is 9.47 Å². The van der Waals surface area contributed by atoms with Crippen LogP contribution in [-0.2, 0) is 46.3 Å². The van der Waals surface area contributed by atoms with Crippen LogP contribution in [0, 0.1) is 0 Å². The van der Waals surface area contributed by atoms with Crippen LogP contribution >= 0.6 is 15.6 Å². The molecule has 0 aliphatic rings. The zero-order chi connectivity index (χ0) is 53.1. The highest BCUT2D eigenvalue weighted by Crippen LogP contribution is 2.45. The molecule has 15 nitrogen and oxygen atoms in total. The van der Waals surface area contributed by atoms with Gasteiger partial charge in [0.2, 0.25) is 0 Å². The number of esters is 2. The molecule has 0 amide bonds. The lowest BCUT2D eigenvalue weighted by molar-refractivity contribution is -0.148. The highest BCUT2D eigenvalue weighted by atomic mass is 31.2. The Morgan fingerprint density at radius 3 is 0.972 bits per heavy atom. The van der Waals surface area contributed by atoms with Crippen LogP contribution < -0.4 is 0 Å². The third-order valence-corrected chi connectivity index (χ3v) is 11.5. The van der Waals surface area contributed by atoms with Crippen LogP contribution in [0.15, 0.2) is 134 Å². The maximum atomic E-state index is 12.2. The number of ether oxygens (including phenoxy) is 2. The Hall–Kier alpha value is -3.82. The SMILES string of the molecule is CC/C=C\C/C=C\C/C=C\C/C=C\C/C=C\C/C=C\CCC(=O)OCC(O)COP(=O)(O)OCC(O)COP(=O)(O)OCC(O)COC(=O)CCCCCCC/C=C\C/C=C\C/C=C\C/C=C\C/C=C\CC. The van der Waals surface area contributed by atoms with Gasteiger partial charge in [-0.2, -0.15) is 0 Å². The fourth-order valence-corrected chi connectivity index (χ4v) is 7.32. The predicted octanol–water partition coefficient (Wildman–Crippen LogP) is 12.4. The first-order chi connectivity index (χ1) is 34.8. The van der Waals surface area contributed by atoms with Crippen LogP contribution in [0.2, 0.25) is 0 Å². The van der Waals surface area contributed by atoms with E-state index in [1.165, 1.54) is 0 Å². The largest absolute Gasteiger partial charge is 0.472 e. The topological polar surface area (TPSA) is 225 Å². The molecule has 0 spiro atoms. The van der Waals surface area contributed by atoms with Gasteiger partial charge in [-0.05, 0) is 96.3 Å². The number of aliphatic hydroxyl groups excluding tert-OH is 3. The van der Waals surface area contributed by atoms with E-state index in [1.54, 1.807) is 0 Å². The lowest BCUT2D eigenvalue weighted by Gasteiger charge is -2.19. The van der Waals surface area contributed by atoms with Gasteiger partial charge in [0.25, 0.3) is 0 Å². The van der Waals surface area contributed by atoms with Crippen molar-refractivity contribution < 1.29 is 71.4 Å². The summed E-state index contributed by atoms with van der Waals surface area (Å²) in [6.07, 6.45) is 58.7. The van der Waals surface area contributed by atoms with E-state index >= 15 is 0 Å². The molecule has 0 rings (SSSR count). The zero-order valence-corrected chi connectivity index (χ0v) is 44.8. The number of allylic oxidation sites excluding steroid dienone is 22. The average Bonchev–Trinajstić information content (AvgIpc) is 3.36. The van der Waals surface area contributed by atoms with Gasteiger partial charge in [0.05, 0.1) is 26.4 Å². The molecule has 17 heteroatoms. The molecule has 0 aromatic heterocycles. The van der Waals surface area contributed by atoms with Gasteiger partial charge in [0, 0.05) is 12.8 Å². The number of phosphoric acid groups is 2. The Labute approximate surface area is 431 Å². The number of hydrogen-bond donors (Lipinski definition) is 5. The van der Waals surface area contributed by atoms with Crippen molar-refractivity contribution in [2.24, 2.45) is 0 Å². The fraction of sp³-hybridized carbons (Fsp3) is 0.564. The summed E-state index contributed by atoms with van der Waals surface area (Å²) >= 11 is 0. The minimum Gasteiger partial charge on any atom is -0.463 e. The number of phosphoric ester groups is 2. The number of hydrogen-bond acceptors (Lipinski definition) is 13. The second kappa shape index (κ2) is 49.4. The van der Waals surface area contributed by atoms with Crippen LogP contribution in [-0.4, -0.2) is 95.0 Å². The van der Waals surface area contributed by atoms with Crippen LogP contribution in [0.4, 0.5) is 0 Å². The number of carbonyl (C=O) groups excluding carboxylic acids is 2.